The smallest absolute Gasteiger partial charge is 0.213 e. The van der Waals surface area contributed by atoms with Gasteiger partial charge in [-0.15, -0.1) is 24.0 Å². The van der Waals surface area contributed by atoms with Gasteiger partial charge in [0.15, 0.2) is 5.96 Å². The first-order valence-electron chi connectivity index (χ1n) is 10.7. The molecule has 1 aliphatic heterocycles. The zero-order chi connectivity index (χ0) is 20.7. The number of hydrogen-bond donors (Lipinski definition) is 3. The molecule has 1 aromatic carbocycles. The summed E-state index contributed by atoms with van der Waals surface area (Å²) in [6.07, 6.45) is 4.53. The molecule has 2 aliphatic rings. The number of sulfonamides is 1. The van der Waals surface area contributed by atoms with Gasteiger partial charge in [0, 0.05) is 45.3 Å². The molecular formula is C21H36IN5O2S. The third-order valence-electron chi connectivity index (χ3n) is 5.98. The molecule has 9 heteroatoms. The van der Waals surface area contributed by atoms with Gasteiger partial charge < -0.3 is 10.6 Å². The number of hydrogen-bond acceptors (Lipinski definition) is 4. The van der Waals surface area contributed by atoms with Crippen molar-refractivity contribution < 1.29 is 8.42 Å². The van der Waals surface area contributed by atoms with Crippen LogP contribution in [0.15, 0.2) is 35.3 Å². The predicted molar refractivity (Wildman–Crippen MR) is 134 cm³/mol. The number of likely N-dealkylation sites (tertiary alicyclic amines) is 1. The van der Waals surface area contributed by atoms with Crippen LogP contribution in [0, 0.1) is 5.92 Å². The Bertz CT molecular complexity index is 771. The van der Waals surface area contributed by atoms with Gasteiger partial charge in [0.1, 0.15) is 0 Å². The molecule has 7 nitrogen and oxygen atoms in total. The number of nitrogens with one attached hydrogen (secondary N) is 3. The Hall–Kier alpha value is -0.910. The lowest BCUT2D eigenvalue weighted by atomic mass is 9.86. The van der Waals surface area contributed by atoms with E-state index in [1.807, 2.05) is 6.07 Å². The van der Waals surface area contributed by atoms with E-state index in [4.69, 9.17) is 0 Å². The molecule has 1 aromatic rings. The van der Waals surface area contributed by atoms with Crippen LogP contribution in [0.25, 0.3) is 0 Å². The van der Waals surface area contributed by atoms with Gasteiger partial charge >= 0.3 is 0 Å². The summed E-state index contributed by atoms with van der Waals surface area (Å²) >= 11 is 0. The van der Waals surface area contributed by atoms with Gasteiger partial charge in [0.05, 0.1) is 5.75 Å². The van der Waals surface area contributed by atoms with E-state index in [2.05, 4.69) is 56.4 Å². The van der Waals surface area contributed by atoms with Crippen LogP contribution in [-0.4, -0.2) is 63.8 Å². The van der Waals surface area contributed by atoms with Gasteiger partial charge in [-0.25, -0.2) is 13.1 Å². The summed E-state index contributed by atoms with van der Waals surface area (Å²) in [5, 5.41) is 6.60. The highest BCUT2D eigenvalue weighted by Gasteiger charge is 2.29. The van der Waals surface area contributed by atoms with Crippen LogP contribution in [0.4, 0.5) is 0 Å². The second-order valence-electron chi connectivity index (χ2n) is 8.30. The Labute approximate surface area is 198 Å². The third kappa shape index (κ3) is 7.97. The summed E-state index contributed by atoms with van der Waals surface area (Å²) < 4.78 is 27.0. The van der Waals surface area contributed by atoms with Crippen molar-refractivity contribution in [1.82, 2.24) is 20.3 Å². The third-order valence-corrected chi connectivity index (χ3v) is 7.32. The fourth-order valence-corrected chi connectivity index (χ4v) is 4.95. The Morgan fingerprint density at radius 2 is 1.97 bits per heavy atom. The maximum absolute atomic E-state index is 12.1. The van der Waals surface area contributed by atoms with Crippen LogP contribution >= 0.6 is 24.0 Å². The Balaban J connectivity index is 0.00000320. The van der Waals surface area contributed by atoms with Crippen molar-refractivity contribution in [3.05, 3.63) is 35.9 Å². The fourth-order valence-electron chi connectivity index (χ4n) is 3.95. The van der Waals surface area contributed by atoms with Gasteiger partial charge in [0.25, 0.3) is 0 Å². The number of rotatable bonds is 9. The van der Waals surface area contributed by atoms with Gasteiger partial charge in [-0.2, -0.15) is 0 Å². The quantitative estimate of drug-likeness (QED) is 0.250. The first-order valence-corrected chi connectivity index (χ1v) is 12.3. The van der Waals surface area contributed by atoms with Crippen molar-refractivity contribution in [3.63, 3.8) is 0 Å². The Morgan fingerprint density at radius 3 is 2.60 bits per heavy atom. The van der Waals surface area contributed by atoms with Crippen molar-refractivity contribution in [2.45, 2.75) is 51.2 Å². The molecule has 0 amide bonds. The summed E-state index contributed by atoms with van der Waals surface area (Å²) in [4.78, 5) is 6.73. The van der Waals surface area contributed by atoms with E-state index in [1.165, 1.54) is 12.0 Å². The molecule has 3 rings (SSSR count). The Morgan fingerprint density at radius 1 is 1.23 bits per heavy atom. The molecular weight excluding hydrogens is 513 g/mol. The largest absolute Gasteiger partial charge is 0.355 e. The van der Waals surface area contributed by atoms with Crippen molar-refractivity contribution >= 4 is 40.0 Å². The van der Waals surface area contributed by atoms with Crippen molar-refractivity contribution in [3.8, 4) is 0 Å². The molecule has 170 valence electrons. The zero-order valence-electron chi connectivity index (χ0n) is 18.0. The second kappa shape index (κ2) is 12.2. The number of aliphatic imine (C=N–C) groups is 1. The van der Waals surface area contributed by atoms with Crippen molar-refractivity contribution in [1.29, 1.82) is 0 Å². The van der Waals surface area contributed by atoms with Crippen molar-refractivity contribution in [2.75, 3.05) is 32.4 Å². The fraction of sp³-hybridized carbons (Fsp3) is 0.667. The van der Waals surface area contributed by atoms with E-state index in [0.29, 0.717) is 37.1 Å². The zero-order valence-corrected chi connectivity index (χ0v) is 21.2. The number of benzene rings is 1. The van der Waals surface area contributed by atoms with Gasteiger partial charge in [-0.3, -0.25) is 9.89 Å². The summed E-state index contributed by atoms with van der Waals surface area (Å²) in [6, 6.07) is 11.3. The molecule has 2 atom stereocenters. The number of halogens is 1. The van der Waals surface area contributed by atoms with Crippen LogP contribution in [0.1, 0.15) is 38.2 Å². The monoisotopic (exact) mass is 549 g/mol. The molecule has 2 unspecified atom stereocenters. The average molecular weight is 550 g/mol. The summed E-state index contributed by atoms with van der Waals surface area (Å²) in [5.74, 6) is 1.25. The summed E-state index contributed by atoms with van der Waals surface area (Å²) in [6.45, 7) is 5.05. The molecule has 30 heavy (non-hydrogen) atoms. The van der Waals surface area contributed by atoms with Crippen LogP contribution in [0.5, 0.6) is 0 Å². The van der Waals surface area contributed by atoms with Crippen LogP contribution < -0.4 is 15.4 Å². The molecule has 0 aromatic heterocycles. The predicted octanol–water partition coefficient (Wildman–Crippen LogP) is 2.15. The molecule has 0 radical (unpaired) electrons. The minimum absolute atomic E-state index is 0. The minimum atomic E-state index is -3.24. The summed E-state index contributed by atoms with van der Waals surface area (Å²) in [7, 11) is -1.52. The maximum Gasteiger partial charge on any atom is 0.213 e. The first-order chi connectivity index (χ1) is 13.9. The molecule has 1 saturated heterocycles. The van der Waals surface area contributed by atoms with E-state index in [9.17, 15) is 8.42 Å². The molecule has 0 bridgehead atoms. The standard InChI is InChI=1S/C21H35N5O2S.HI/c1-17-13-20(16-26(17)15-19-7-4-3-5-8-19)25-21(22-2)23-11-12-29(27,28)24-14-18-9-6-10-18;/h3-5,7-8,17-18,20,24H,6,9-16H2,1-2H3,(H2,22,23,25);1H. The van der Waals surface area contributed by atoms with E-state index < -0.39 is 10.0 Å². The highest BCUT2D eigenvalue weighted by Crippen LogP contribution is 2.25. The van der Waals surface area contributed by atoms with Crippen molar-refractivity contribution in [2.24, 2.45) is 10.9 Å². The number of guanidine groups is 1. The minimum Gasteiger partial charge on any atom is -0.355 e. The molecule has 1 aliphatic carbocycles. The lowest BCUT2D eigenvalue weighted by molar-refractivity contribution is 0.258. The lowest BCUT2D eigenvalue weighted by Gasteiger charge is -2.25. The molecule has 1 heterocycles. The molecule has 2 fully saturated rings. The summed E-state index contributed by atoms with van der Waals surface area (Å²) in [5.41, 5.74) is 1.32. The van der Waals surface area contributed by atoms with E-state index >= 15 is 0 Å². The van der Waals surface area contributed by atoms with E-state index in [0.717, 1.165) is 32.4 Å². The number of nitrogens with zero attached hydrogens (tertiary/aromatic N) is 2. The molecule has 3 N–H and O–H groups in total. The lowest BCUT2D eigenvalue weighted by Crippen LogP contribution is -2.46. The SMILES string of the molecule is CN=C(NCCS(=O)(=O)NCC1CCC1)NC1CC(C)N(Cc2ccccc2)C1.I. The first kappa shape index (κ1) is 25.4. The maximum atomic E-state index is 12.1. The molecule has 0 spiro atoms. The normalized spacial score (nSPS) is 22.9. The topological polar surface area (TPSA) is 85.8 Å². The van der Waals surface area contributed by atoms with Gasteiger partial charge in [-0.1, -0.05) is 36.8 Å². The van der Waals surface area contributed by atoms with Crippen LogP contribution in [0.3, 0.4) is 0 Å². The average Bonchev–Trinajstić information content (AvgIpc) is 2.99. The van der Waals surface area contributed by atoms with E-state index in [-0.39, 0.29) is 29.7 Å². The van der Waals surface area contributed by atoms with Crippen LogP contribution in [-0.2, 0) is 16.6 Å². The highest BCUT2D eigenvalue weighted by molar-refractivity contribution is 14.0. The van der Waals surface area contributed by atoms with Crippen LogP contribution in [0.2, 0.25) is 0 Å². The van der Waals surface area contributed by atoms with Gasteiger partial charge in [-0.05, 0) is 37.7 Å². The second-order valence-corrected chi connectivity index (χ2v) is 10.2. The van der Waals surface area contributed by atoms with E-state index in [1.54, 1.807) is 7.05 Å². The Kier molecular flexibility index (Phi) is 10.3. The highest BCUT2D eigenvalue weighted by atomic mass is 127. The molecule has 1 saturated carbocycles. The van der Waals surface area contributed by atoms with Gasteiger partial charge in [0.2, 0.25) is 10.0 Å².